The molecular formula is C13H17ClN2O. The average molecular weight is 253 g/mol. The molecule has 1 aliphatic heterocycles. The maximum Gasteiger partial charge on any atom is 0.228 e. The number of likely N-dealkylation sites (tertiary alicyclic amines) is 1. The van der Waals surface area contributed by atoms with Crippen LogP contribution in [0.25, 0.3) is 0 Å². The van der Waals surface area contributed by atoms with E-state index in [2.05, 4.69) is 10.2 Å². The Morgan fingerprint density at radius 3 is 2.94 bits per heavy atom. The standard InChI is InChI=1S/C13H17ClN2O/c1-9-3-4-11(14)7-12(9)15-13(17)10-5-6-16(2)8-10/h3-4,7,10H,5-6,8H2,1-2H3,(H,15,17). The van der Waals surface area contributed by atoms with Gasteiger partial charge in [-0.25, -0.2) is 0 Å². The summed E-state index contributed by atoms with van der Waals surface area (Å²) in [6.07, 6.45) is 0.932. The molecule has 0 bridgehead atoms. The van der Waals surface area contributed by atoms with Gasteiger partial charge in [0.2, 0.25) is 5.91 Å². The summed E-state index contributed by atoms with van der Waals surface area (Å²) in [5.41, 5.74) is 1.85. The van der Waals surface area contributed by atoms with Crippen molar-refractivity contribution in [2.24, 2.45) is 5.92 Å². The number of hydrogen-bond acceptors (Lipinski definition) is 2. The van der Waals surface area contributed by atoms with Gasteiger partial charge in [0.1, 0.15) is 0 Å². The molecule has 0 radical (unpaired) electrons. The summed E-state index contributed by atoms with van der Waals surface area (Å²) in [5, 5.41) is 3.61. The first kappa shape index (κ1) is 12.4. The van der Waals surface area contributed by atoms with Crippen LogP contribution in [0.15, 0.2) is 18.2 Å². The van der Waals surface area contributed by atoms with Crippen molar-refractivity contribution in [2.75, 3.05) is 25.5 Å². The third kappa shape index (κ3) is 2.99. The summed E-state index contributed by atoms with van der Waals surface area (Å²) in [5.74, 6) is 0.193. The number of nitrogens with one attached hydrogen (secondary N) is 1. The number of rotatable bonds is 2. The maximum atomic E-state index is 12.0. The van der Waals surface area contributed by atoms with Crippen molar-refractivity contribution in [3.8, 4) is 0 Å². The number of nitrogens with zero attached hydrogens (tertiary/aromatic N) is 1. The fourth-order valence-electron chi connectivity index (χ4n) is 2.11. The van der Waals surface area contributed by atoms with E-state index in [-0.39, 0.29) is 11.8 Å². The summed E-state index contributed by atoms with van der Waals surface area (Å²) < 4.78 is 0. The van der Waals surface area contributed by atoms with E-state index < -0.39 is 0 Å². The number of carbonyl (C=O) groups excluding carboxylic acids is 1. The minimum Gasteiger partial charge on any atom is -0.326 e. The third-order valence-electron chi connectivity index (χ3n) is 3.22. The first-order valence-corrected chi connectivity index (χ1v) is 6.19. The molecule has 0 aromatic heterocycles. The molecule has 1 atom stereocenters. The van der Waals surface area contributed by atoms with E-state index in [0.717, 1.165) is 30.8 Å². The molecule has 1 unspecified atom stereocenters. The molecule has 3 nitrogen and oxygen atoms in total. The van der Waals surface area contributed by atoms with Crippen LogP contribution in [0.4, 0.5) is 5.69 Å². The van der Waals surface area contributed by atoms with Gasteiger partial charge in [0.15, 0.2) is 0 Å². The predicted molar refractivity (Wildman–Crippen MR) is 70.4 cm³/mol. The monoisotopic (exact) mass is 252 g/mol. The van der Waals surface area contributed by atoms with E-state index in [4.69, 9.17) is 11.6 Å². The van der Waals surface area contributed by atoms with Crippen LogP contribution < -0.4 is 5.32 Å². The van der Waals surface area contributed by atoms with Crippen LogP contribution in [0, 0.1) is 12.8 Å². The van der Waals surface area contributed by atoms with Gasteiger partial charge in [-0.15, -0.1) is 0 Å². The molecule has 1 aromatic carbocycles. The summed E-state index contributed by atoms with van der Waals surface area (Å²) in [4.78, 5) is 14.2. The lowest BCUT2D eigenvalue weighted by atomic mass is 10.1. The van der Waals surface area contributed by atoms with E-state index >= 15 is 0 Å². The van der Waals surface area contributed by atoms with Crippen molar-refractivity contribution in [3.05, 3.63) is 28.8 Å². The first-order chi connectivity index (χ1) is 8.06. The minimum absolute atomic E-state index is 0.0957. The van der Waals surface area contributed by atoms with Gasteiger partial charge in [-0.3, -0.25) is 4.79 Å². The van der Waals surface area contributed by atoms with Gasteiger partial charge >= 0.3 is 0 Å². The van der Waals surface area contributed by atoms with E-state index in [9.17, 15) is 4.79 Å². The van der Waals surface area contributed by atoms with E-state index in [1.54, 1.807) is 6.07 Å². The number of aryl methyl sites for hydroxylation is 1. The molecule has 1 aromatic rings. The van der Waals surface area contributed by atoms with Gasteiger partial charge < -0.3 is 10.2 Å². The molecule has 92 valence electrons. The Morgan fingerprint density at radius 2 is 2.29 bits per heavy atom. The topological polar surface area (TPSA) is 32.3 Å². The highest BCUT2D eigenvalue weighted by molar-refractivity contribution is 6.31. The van der Waals surface area contributed by atoms with Gasteiger partial charge in [0.25, 0.3) is 0 Å². The molecule has 1 saturated heterocycles. The summed E-state index contributed by atoms with van der Waals surface area (Å²) >= 11 is 5.92. The summed E-state index contributed by atoms with van der Waals surface area (Å²) in [6.45, 7) is 3.80. The van der Waals surface area contributed by atoms with Crippen LogP contribution in [-0.4, -0.2) is 30.9 Å². The number of hydrogen-bond donors (Lipinski definition) is 1. The zero-order chi connectivity index (χ0) is 12.4. The SMILES string of the molecule is Cc1ccc(Cl)cc1NC(=O)C1CCN(C)C1. The summed E-state index contributed by atoms with van der Waals surface area (Å²) in [7, 11) is 2.04. The zero-order valence-corrected chi connectivity index (χ0v) is 10.9. The molecule has 0 spiro atoms. The Balaban J connectivity index is 2.05. The van der Waals surface area contributed by atoms with Crippen LogP contribution in [0.1, 0.15) is 12.0 Å². The second-order valence-electron chi connectivity index (χ2n) is 4.70. The largest absolute Gasteiger partial charge is 0.326 e. The Labute approximate surface area is 107 Å². The van der Waals surface area contributed by atoms with Crippen molar-refractivity contribution in [2.45, 2.75) is 13.3 Å². The lowest BCUT2D eigenvalue weighted by Gasteiger charge is -2.13. The second kappa shape index (κ2) is 5.07. The zero-order valence-electron chi connectivity index (χ0n) is 10.2. The third-order valence-corrected chi connectivity index (χ3v) is 3.45. The molecule has 1 N–H and O–H groups in total. The van der Waals surface area contributed by atoms with Gasteiger partial charge in [-0.05, 0) is 44.6 Å². The average Bonchev–Trinajstić information content (AvgIpc) is 2.70. The minimum atomic E-state index is 0.0957. The molecular weight excluding hydrogens is 236 g/mol. The van der Waals surface area contributed by atoms with Crippen molar-refractivity contribution in [1.82, 2.24) is 4.90 Å². The molecule has 17 heavy (non-hydrogen) atoms. The Bertz CT molecular complexity index is 433. The summed E-state index contributed by atoms with van der Waals surface area (Å²) in [6, 6.07) is 5.54. The van der Waals surface area contributed by atoms with Crippen LogP contribution in [0.5, 0.6) is 0 Å². The molecule has 1 heterocycles. The second-order valence-corrected chi connectivity index (χ2v) is 5.13. The van der Waals surface area contributed by atoms with Crippen molar-refractivity contribution >= 4 is 23.2 Å². The maximum absolute atomic E-state index is 12.0. The number of benzene rings is 1. The molecule has 1 fully saturated rings. The van der Waals surface area contributed by atoms with E-state index in [1.807, 2.05) is 26.1 Å². The van der Waals surface area contributed by atoms with Crippen molar-refractivity contribution in [1.29, 1.82) is 0 Å². The van der Waals surface area contributed by atoms with Crippen LogP contribution in [0.3, 0.4) is 0 Å². The smallest absolute Gasteiger partial charge is 0.228 e. The Hall–Kier alpha value is -1.06. The predicted octanol–water partition coefficient (Wildman–Crippen LogP) is 2.54. The van der Waals surface area contributed by atoms with Crippen molar-refractivity contribution in [3.63, 3.8) is 0 Å². The lowest BCUT2D eigenvalue weighted by Crippen LogP contribution is -2.25. The number of halogens is 1. The molecule has 0 aliphatic carbocycles. The van der Waals surface area contributed by atoms with Gasteiger partial charge in [0.05, 0.1) is 5.92 Å². The molecule has 0 saturated carbocycles. The van der Waals surface area contributed by atoms with Crippen LogP contribution in [-0.2, 0) is 4.79 Å². The Kier molecular flexibility index (Phi) is 3.69. The van der Waals surface area contributed by atoms with Crippen molar-refractivity contribution < 1.29 is 4.79 Å². The fraction of sp³-hybridized carbons (Fsp3) is 0.462. The lowest BCUT2D eigenvalue weighted by molar-refractivity contribution is -0.119. The number of carbonyl (C=O) groups is 1. The highest BCUT2D eigenvalue weighted by Gasteiger charge is 2.26. The first-order valence-electron chi connectivity index (χ1n) is 5.82. The molecule has 2 rings (SSSR count). The number of anilines is 1. The van der Waals surface area contributed by atoms with E-state index in [1.165, 1.54) is 0 Å². The quantitative estimate of drug-likeness (QED) is 0.877. The molecule has 1 aliphatic rings. The normalized spacial score (nSPS) is 20.5. The van der Waals surface area contributed by atoms with Gasteiger partial charge in [-0.1, -0.05) is 17.7 Å². The van der Waals surface area contributed by atoms with Crippen LogP contribution in [0.2, 0.25) is 5.02 Å². The highest BCUT2D eigenvalue weighted by Crippen LogP contribution is 2.22. The molecule has 1 amide bonds. The number of amides is 1. The van der Waals surface area contributed by atoms with Gasteiger partial charge in [-0.2, -0.15) is 0 Å². The fourth-order valence-corrected chi connectivity index (χ4v) is 2.28. The van der Waals surface area contributed by atoms with E-state index in [0.29, 0.717) is 5.02 Å². The Morgan fingerprint density at radius 1 is 1.53 bits per heavy atom. The van der Waals surface area contributed by atoms with Gasteiger partial charge in [0, 0.05) is 17.3 Å². The highest BCUT2D eigenvalue weighted by atomic mass is 35.5. The van der Waals surface area contributed by atoms with Crippen LogP contribution >= 0.6 is 11.6 Å². The molecule has 4 heteroatoms.